The summed E-state index contributed by atoms with van der Waals surface area (Å²) in [5, 5.41) is 3.52. The highest BCUT2D eigenvalue weighted by molar-refractivity contribution is 9.10. The summed E-state index contributed by atoms with van der Waals surface area (Å²) in [4.78, 5) is 2.61. The van der Waals surface area contributed by atoms with E-state index in [4.69, 9.17) is 0 Å². The maximum atomic E-state index is 3.54. The van der Waals surface area contributed by atoms with Gasteiger partial charge in [0, 0.05) is 17.6 Å². The number of rotatable bonds is 2. The van der Waals surface area contributed by atoms with E-state index in [1.165, 1.54) is 42.6 Å². The predicted molar refractivity (Wildman–Crippen MR) is 73.9 cm³/mol. The van der Waals surface area contributed by atoms with E-state index in [0.717, 1.165) is 18.4 Å². The van der Waals surface area contributed by atoms with Gasteiger partial charge in [0.15, 0.2) is 0 Å². The number of hydrogen-bond acceptors (Lipinski definition) is 2. The van der Waals surface area contributed by atoms with Crippen molar-refractivity contribution in [3.63, 3.8) is 0 Å². The third-order valence-corrected chi connectivity index (χ3v) is 4.58. The fraction of sp³-hybridized carbons (Fsp3) is 0.571. The van der Waals surface area contributed by atoms with Gasteiger partial charge in [-0.1, -0.05) is 28.1 Å². The predicted octanol–water partition coefficient (Wildman–Crippen LogP) is 2.49. The third-order valence-electron chi connectivity index (χ3n) is 4.08. The van der Waals surface area contributed by atoms with Crippen LogP contribution < -0.4 is 5.32 Å². The lowest BCUT2D eigenvalue weighted by Crippen LogP contribution is -2.39. The third kappa shape index (κ3) is 2.72. The van der Waals surface area contributed by atoms with Crippen LogP contribution in [0.25, 0.3) is 0 Å². The molecule has 2 fully saturated rings. The standard InChI is InChI=1S/C14H19BrN2/c15-14-3-1-2-11(6-14)9-17-5-4-12-7-16-8-13(12)10-17/h1-3,6,12-13,16H,4-5,7-10H2. The molecule has 0 aromatic heterocycles. The van der Waals surface area contributed by atoms with Gasteiger partial charge in [-0.2, -0.15) is 0 Å². The lowest BCUT2D eigenvalue weighted by Gasteiger charge is -2.34. The zero-order valence-corrected chi connectivity index (χ0v) is 11.6. The second-order valence-electron chi connectivity index (χ2n) is 5.33. The number of hydrogen-bond donors (Lipinski definition) is 1. The topological polar surface area (TPSA) is 15.3 Å². The summed E-state index contributed by atoms with van der Waals surface area (Å²) in [7, 11) is 0. The Kier molecular flexibility index (Phi) is 3.50. The zero-order valence-electron chi connectivity index (χ0n) is 10.0. The first-order valence-corrected chi connectivity index (χ1v) is 7.28. The Morgan fingerprint density at radius 1 is 1.29 bits per heavy atom. The van der Waals surface area contributed by atoms with E-state index in [1.54, 1.807) is 0 Å². The van der Waals surface area contributed by atoms with Gasteiger partial charge in [0.05, 0.1) is 0 Å². The molecule has 92 valence electrons. The maximum absolute atomic E-state index is 3.54. The molecule has 2 aliphatic heterocycles. The minimum atomic E-state index is 0.885. The van der Waals surface area contributed by atoms with Gasteiger partial charge in [0.2, 0.25) is 0 Å². The maximum Gasteiger partial charge on any atom is 0.0234 e. The quantitative estimate of drug-likeness (QED) is 0.902. The summed E-state index contributed by atoms with van der Waals surface area (Å²) in [6.07, 6.45) is 1.37. The first-order valence-electron chi connectivity index (χ1n) is 6.49. The van der Waals surface area contributed by atoms with Crippen LogP contribution in [0.5, 0.6) is 0 Å². The van der Waals surface area contributed by atoms with Crippen molar-refractivity contribution in [2.45, 2.75) is 13.0 Å². The molecular weight excluding hydrogens is 276 g/mol. The van der Waals surface area contributed by atoms with Crippen LogP contribution in [0, 0.1) is 11.8 Å². The average molecular weight is 295 g/mol. The molecule has 0 amide bonds. The number of nitrogens with one attached hydrogen (secondary N) is 1. The van der Waals surface area contributed by atoms with Crippen molar-refractivity contribution in [3.05, 3.63) is 34.3 Å². The minimum absolute atomic E-state index is 0.885. The van der Waals surface area contributed by atoms with Crippen molar-refractivity contribution in [1.82, 2.24) is 10.2 Å². The molecule has 3 rings (SSSR count). The van der Waals surface area contributed by atoms with Crippen LogP contribution in [0.3, 0.4) is 0 Å². The molecule has 2 unspecified atom stereocenters. The molecule has 2 heterocycles. The summed E-state index contributed by atoms with van der Waals surface area (Å²) < 4.78 is 1.19. The number of likely N-dealkylation sites (tertiary alicyclic amines) is 1. The van der Waals surface area contributed by atoms with E-state index in [-0.39, 0.29) is 0 Å². The minimum Gasteiger partial charge on any atom is -0.316 e. The molecular formula is C14H19BrN2. The van der Waals surface area contributed by atoms with E-state index in [9.17, 15) is 0 Å². The van der Waals surface area contributed by atoms with E-state index < -0.39 is 0 Å². The Morgan fingerprint density at radius 3 is 3.06 bits per heavy atom. The summed E-state index contributed by atoms with van der Waals surface area (Å²) in [5.74, 6) is 1.82. The Bertz CT molecular complexity index is 394. The molecule has 1 N–H and O–H groups in total. The van der Waals surface area contributed by atoms with Gasteiger partial charge >= 0.3 is 0 Å². The SMILES string of the molecule is Brc1cccc(CN2CCC3CNCC3C2)c1. The van der Waals surface area contributed by atoms with Gasteiger partial charge < -0.3 is 5.32 Å². The second kappa shape index (κ2) is 5.09. The van der Waals surface area contributed by atoms with E-state index in [2.05, 4.69) is 50.4 Å². The molecule has 2 atom stereocenters. The molecule has 17 heavy (non-hydrogen) atoms. The van der Waals surface area contributed by atoms with Crippen molar-refractivity contribution >= 4 is 15.9 Å². The highest BCUT2D eigenvalue weighted by atomic mass is 79.9. The summed E-state index contributed by atoms with van der Waals surface area (Å²) in [6.45, 7) is 6.09. The van der Waals surface area contributed by atoms with Crippen LogP contribution >= 0.6 is 15.9 Å². The summed E-state index contributed by atoms with van der Waals surface area (Å²) in [5.41, 5.74) is 1.42. The van der Waals surface area contributed by atoms with Gasteiger partial charge in [0.25, 0.3) is 0 Å². The van der Waals surface area contributed by atoms with Crippen molar-refractivity contribution in [2.75, 3.05) is 26.2 Å². The molecule has 0 saturated carbocycles. The Labute approximate surface area is 112 Å². The first-order chi connectivity index (χ1) is 8.31. The molecule has 0 spiro atoms. The Morgan fingerprint density at radius 2 is 2.18 bits per heavy atom. The van der Waals surface area contributed by atoms with Crippen LogP contribution in [0.2, 0.25) is 0 Å². The lowest BCUT2D eigenvalue weighted by atomic mass is 9.88. The summed E-state index contributed by atoms with van der Waals surface area (Å²) >= 11 is 3.54. The highest BCUT2D eigenvalue weighted by Gasteiger charge is 2.32. The molecule has 2 nitrogen and oxygen atoms in total. The number of halogens is 1. The number of nitrogens with zero attached hydrogens (tertiary/aromatic N) is 1. The number of fused-ring (bicyclic) bond motifs is 1. The van der Waals surface area contributed by atoms with Crippen molar-refractivity contribution in [3.8, 4) is 0 Å². The monoisotopic (exact) mass is 294 g/mol. The van der Waals surface area contributed by atoms with Gasteiger partial charge in [0.1, 0.15) is 0 Å². The van der Waals surface area contributed by atoms with Crippen LogP contribution in [0.4, 0.5) is 0 Å². The average Bonchev–Trinajstić information content (AvgIpc) is 2.76. The lowest BCUT2D eigenvalue weighted by molar-refractivity contribution is 0.142. The van der Waals surface area contributed by atoms with Crippen molar-refractivity contribution in [2.24, 2.45) is 11.8 Å². The van der Waals surface area contributed by atoms with Crippen LogP contribution in [0.15, 0.2) is 28.7 Å². The molecule has 0 bridgehead atoms. The normalized spacial score (nSPS) is 29.2. The fourth-order valence-electron chi connectivity index (χ4n) is 3.15. The molecule has 2 aliphatic rings. The molecule has 1 aromatic rings. The molecule has 2 saturated heterocycles. The smallest absolute Gasteiger partial charge is 0.0234 e. The molecule has 3 heteroatoms. The first kappa shape index (κ1) is 11.7. The zero-order chi connectivity index (χ0) is 11.7. The van der Waals surface area contributed by atoms with Gasteiger partial charge in [-0.15, -0.1) is 0 Å². The fourth-order valence-corrected chi connectivity index (χ4v) is 3.59. The molecule has 0 radical (unpaired) electrons. The Balaban J connectivity index is 1.62. The van der Waals surface area contributed by atoms with E-state index in [1.807, 2.05) is 0 Å². The molecule has 0 aliphatic carbocycles. The summed E-state index contributed by atoms with van der Waals surface area (Å²) in [6, 6.07) is 8.68. The van der Waals surface area contributed by atoms with Gasteiger partial charge in [-0.05, 0) is 55.6 Å². The molecule has 1 aromatic carbocycles. The van der Waals surface area contributed by atoms with Crippen molar-refractivity contribution < 1.29 is 0 Å². The van der Waals surface area contributed by atoms with Crippen molar-refractivity contribution in [1.29, 1.82) is 0 Å². The van der Waals surface area contributed by atoms with E-state index in [0.29, 0.717) is 0 Å². The van der Waals surface area contributed by atoms with Crippen LogP contribution in [-0.2, 0) is 6.54 Å². The largest absolute Gasteiger partial charge is 0.316 e. The second-order valence-corrected chi connectivity index (χ2v) is 6.25. The number of piperidine rings is 1. The van der Waals surface area contributed by atoms with Gasteiger partial charge in [-0.25, -0.2) is 0 Å². The van der Waals surface area contributed by atoms with Crippen LogP contribution in [0.1, 0.15) is 12.0 Å². The highest BCUT2D eigenvalue weighted by Crippen LogP contribution is 2.27. The van der Waals surface area contributed by atoms with Crippen LogP contribution in [-0.4, -0.2) is 31.1 Å². The van der Waals surface area contributed by atoms with Gasteiger partial charge in [-0.3, -0.25) is 4.90 Å². The number of benzene rings is 1. The van der Waals surface area contributed by atoms with E-state index >= 15 is 0 Å². The Hall–Kier alpha value is -0.380.